The number of nitrogens with one attached hydrogen (secondary N) is 2. The van der Waals surface area contributed by atoms with Crippen molar-refractivity contribution in [3.05, 3.63) is 94.8 Å². The number of hydrogen-bond acceptors (Lipinski definition) is 3. The molecule has 2 N–H and O–H groups in total. The van der Waals surface area contributed by atoms with Crippen molar-refractivity contribution < 1.29 is 18.8 Å². The summed E-state index contributed by atoms with van der Waals surface area (Å²) in [7, 11) is 0. The molecule has 1 aliphatic carbocycles. The van der Waals surface area contributed by atoms with Crippen LogP contribution in [-0.4, -0.2) is 30.7 Å². The number of fused-ring (bicyclic) bond motifs is 3. The van der Waals surface area contributed by atoms with Crippen molar-refractivity contribution in [2.24, 2.45) is 0 Å². The van der Waals surface area contributed by atoms with E-state index in [4.69, 9.17) is 0 Å². The third-order valence-corrected chi connectivity index (χ3v) is 5.00. The quantitative estimate of drug-likeness (QED) is 0.487. The molecule has 2 amide bonds. The van der Waals surface area contributed by atoms with Gasteiger partial charge in [0, 0.05) is 29.8 Å². The minimum Gasteiger partial charge on any atom is -0.354 e. The van der Waals surface area contributed by atoms with Crippen LogP contribution >= 0.6 is 0 Å². The first kappa shape index (κ1) is 19.5. The summed E-state index contributed by atoms with van der Waals surface area (Å²) in [5.74, 6) is -0.951. The molecule has 0 spiro atoms. The Morgan fingerprint density at radius 3 is 2.20 bits per heavy atom. The van der Waals surface area contributed by atoms with E-state index in [0.717, 1.165) is 11.1 Å². The van der Waals surface area contributed by atoms with Gasteiger partial charge in [0.25, 0.3) is 5.91 Å². The fourth-order valence-corrected chi connectivity index (χ4v) is 3.50. The Labute approximate surface area is 172 Å². The lowest BCUT2D eigenvalue weighted by Crippen LogP contribution is -2.35. The molecule has 0 heterocycles. The summed E-state index contributed by atoms with van der Waals surface area (Å²) in [5, 5.41) is 5.45. The Hall–Kier alpha value is -3.80. The maximum atomic E-state index is 12.9. The molecule has 0 unspecified atom stereocenters. The lowest BCUT2D eigenvalue weighted by atomic mass is 10.0. The van der Waals surface area contributed by atoms with Gasteiger partial charge in [-0.1, -0.05) is 42.5 Å². The molecule has 4 rings (SSSR count). The first-order valence-corrected chi connectivity index (χ1v) is 9.60. The maximum Gasteiger partial charge on any atom is 0.251 e. The molecule has 0 aromatic heterocycles. The highest BCUT2D eigenvalue weighted by atomic mass is 19.1. The van der Waals surface area contributed by atoms with E-state index in [1.165, 1.54) is 12.1 Å². The predicted molar refractivity (Wildman–Crippen MR) is 111 cm³/mol. The number of amides is 2. The van der Waals surface area contributed by atoms with E-state index in [2.05, 4.69) is 10.6 Å². The van der Waals surface area contributed by atoms with Crippen LogP contribution in [0.1, 0.15) is 31.8 Å². The molecule has 6 heteroatoms. The monoisotopic (exact) mass is 402 g/mol. The summed E-state index contributed by atoms with van der Waals surface area (Å²) in [5.41, 5.74) is 3.99. The van der Waals surface area contributed by atoms with Crippen LogP contribution in [-0.2, 0) is 11.2 Å². The first-order valence-electron chi connectivity index (χ1n) is 9.60. The van der Waals surface area contributed by atoms with Gasteiger partial charge in [0.1, 0.15) is 5.82 Å². The van der Waals surface area contributed by atoms with Gasteiger partial charge in [-0.2, -0.15) is 0 Å². The van der Waals surface area contributed by atoms with E-state index >= 15 is 0 Å². The van der Waals surface area contributed by atoms with Crippen LogP contribution in [0.4, 0.5) is 4.39 Å². The highest BCUT2D eigenvalue weighted by molar-refractivity contribution is 6.22. The molecule has 150 valence electrons. The van der Waals surface area contributed by atoms with Crippen molar-refractivity contribution in [3.8, 4) is 11.1 Å². The van der Waals surface area contributed by atoms with Crippen molar-refractivity contribution >= 4 is 17.6 Å². The number of benzene rings is 3. The van der Waals surface area contributed by atoms with Gasteiger partial charge in [0.05, 0.1) is 6.42 Å². The SMILES string of the molecule is O=C(Cc1ccc(F)cc1)NCCNC(=O)c1ccc2c(c1)C(=O)c1ccccc1-2. The van der Waals surface area contributed by atoms with Crippen LogP contribution in [0.5, 0.6) is 0 Å². The standard InChI is InChI=1S/C24H19FN2O3/c25-17-8-5-15(6-9-17)13-22(28)26-11-12-27-24(30)16-7-10-19-18-3-1-2-4-20(18)23(29)21(19)14-16/h1-10,14H,11-13H2,(H,26,28)(H,27,30). The topological polar surface area (TPSA) is 75.3 Å². The molecular weight excluding hydrogens is 383 g/mol. The fraction of sp³-hybridized carbons (Fsp3) is 0.125. The molecule has 0 atom stereocenters. The zero-order valence-electron chi connectivity index (χ0n) is 16.1. The van der Waals surface area contributed by atoms with E-state index in [-0.39, 0.29) is 42.9 Å². The summed E-state index contributed by atoms with van der Waals surface area (Å²) in [6, 6.07) is 18.2. The van der Waals surface area contributed by atoms with Crippen molar-refractivity contribution in [1.82, 2.24) is 10.6 Å². The van der Waals surface area contributed by atoms with Crippen LogP contribution in [0, 0.1) is 5.82 Å². The number of carbonyl (C=O) groups is 3. The van der Waals surface area contributed by atoms with E-state index in [1.54, 1.807) is 36.4 Å². The van der Waals surface area contributed by atoms with Crippen molar-refractivity contribution in [2.45, 2.75) is 6.42 Å². The largest absolute Gasteiger partial charge is 0.354 e. The second-order valence-corrected chi connectivity index (χ2v) is 7.04. The minimum atomic E-state index is -0.348. The normalized spacial score (nSPS) is 11.6. The smallest absolute Gasteiger partial charge is 0.251 e. The van der Waals surface area contributed by atoms with Gasteiger partial charge in [0.2, 0.25) is 5.91 Å². The van der Waals surface area contributed by atoms with Gasteiger partial charge in [-0.25, -0.2) is 4.39 Å². The Morgan fingerprint density at radius 1 is 0.767 bits per heavy atom. The molecule has 0 aliphatic heterocycles. The Bertz CT molecular complexity index is 1140. The molecule has 3 aromatic rings. The Kier molecular flexibility index (Phi) is 5.39. The summed E-state index contributed by atoms with van der Waals surface area (Å²) in [6.07, 6.45) is 0.141. The van der Waals surface area contributed by atoms with Crippen molar-refractivity contribution in [1.29, 1.82) is 0 Å². The van der Waals surface area contributed by atoms with Gasteiger partial charge >= 0.3 is 0 Å². The molecule has 0 bridgehead atoms. The van der Waals surface area contributed by atoms with Crippen LogP contribution in [0.15, 0.2) is 66.7 Å². The van der Waals surface area contributed by atoms with Gasteiger partial charge in [0.15, 0.2) is 5.78 Å². The molecule has 5 nitrogen and oxygen atoms in total. The van der Waals surface area contributed by atoms with Gasteiger partial charge in [-0.15, -0.1) is 0 Å². The highest BCUT2D eigenvalue weighted by Crippen LogP contribution is 2.36. The molecule has 0 radical (unpaired) electrons. The molecule has 1 aliphatic rings. The predicted octanol–water partition coefficient (Wildman–Crippen LogP) is 3.13. The van der Waals surface area contributed by atoms with E-state index in [1.807, 2.05) is 18.2 Å². The highest BCUT2D eigenvalue weighted by Gasteiger charge is 2.26. The van der Waals surface area contributed by atoms with E-state index in [9.17, 15) is 18.8 Å². The summed E-state index contributed by atoms with van der Waals surface area (Å²) in [4.78, 5) is 36.9. The molecule has 3 aromatic carbocycles. The fourth-order valence-electron chi connectivity index (χ4n) is 3.50. The van der Waals surface area contributed by atoms with Gasteiger partial charge in [-0.05, 0) is 41.0 Å². The van der Waals surface area contributed by atoms with Crippen LogP contribution in [0.2, 0.25) is 0 Å². The summed E-state index contributed by atoms with van der Waals surface area (Å²) in [6.45, 7) is 0.514. The molecule has 0 fully saturated rings. The summed E-state index contributed by atoms with van der Waals surface area (Å²) >= 11 is 0. The zero-order valence-corrected chi connectivity index (χ0v) is 16.1. The first-order chi connectivity index (χ1) is 14.5. The number of rotatable bonds is 6. The van der Waals surface area contributed by atoms with Crippen LogP contribution in [0.25, 0.3) is 11.1 Å². The number of halogens is 1. The van der Waals surface area contributed by atoms with Gasteiger partial charge < -0.3 is 10.6 Å². The minimum absolute atomic E-state index is 0.0803. The van der Waals surface area contributed by atoms with Crippen molar-refractivity contribution in [2.75, 3.05) is 13.1 Å². The number of ketones is 1. The van der Waals surface area contributed by atoms with E-state index in [0.29, 0.717) is 22.3 Å². The average Bonchev–Trinajstić information content (AvgIpc) is 3.05. The lowest BCUT2D eigenvalue weighted by Gasteiger charge is -2.08. The third-order valence-electron chi connectivity index (χ3n) is 5.00. The van der Waals surface area contributed by atoms with E-state index < -0.39 is 0 Å². The van der Waals surface area contributed by atoms with Crippen molar-refractivity contribution in [3.63, 3.8) is 0 Å². The van der Waals surface area contributed by atoms with Crippen LogP contribution in [0.3, 0.4) is 0 Å². The average molecular weight is 402 g/mol. The second-order valence-electron chi connectivity index (χ2n) is 7.04. The summed E-state index contributed by atoms with van der Waals surface area (Å²) < 4.78 is 12.9. The third kappa shape index (κ3) is 3.98. The molecule has 0 saturated carbocycles. The zero-order chi connectivity index (χ0) is 21.1. The maximum absolute atomic E-state index is 12.9. The number of carbonyl (C=O) groups excluding carboxylic acids is 3. The second kappa shape index (κ2) is 8.29. The van der Waals surface area contributed by atoms with Crippen LogP contribution < -0.4 is 10.6 Å². The Morgan fingerprint density at radius 2 is 1.43 bits per heavy atom. The Balaban J connectivity index is 1.29. The van der Waals surface area contributed by atoms with Gasteiger partial charge in [-0.3, -0.25) is 14.4 Å². The number of hydrogen-bond donors (Lipinski definition) is 2. The molecule has 0 saturated heterocycles. The molecular formula is C24H19FN2O3. The molecule has 30 heavy (non-hydrogen) atoms. The lowest BCUT2D eigenvalue weighted by molar-refractivity contribution is -0.120.